The predicted octanol–water partition coefficient (Wildman–Crippen LogP) is 3.30. The summed E-state index contributed by atoms with van der Waals surface area (Å²) in [6.45, 7) is 15.4. The number of ether oxygens (including phenoxy) is 8. The van der Waals surface area contributed by atoms with Crippen molar-refractivity contribution in [2.24, 2.45) is 0 Å². The minimum absolute atomic E-state index is 0. The van der Waals surface area contributed by atoms with Crippen LogP contribution in [0.3, 0.4) is 0 Å². The number of fused-ring (bicyclic) bond motifs is 7. The van der Waals surface area contributed by atoms with Crippen LogP contribution in [0.25, 0.3) is 44.4 Å². The SMILES string of the molecule is CC(=O)[O-].CC(=O)[O-].CCc1c(CC)c2cc3nc(cnc4cc(OCCOCCOCCOC)c(OCCOCCOCCOC)cc4ncc4nc(cc1[n-]2)C(CCCO)=C4C)C(C)=C3CCCO.O.[Lu+3]. The predicted molar refractivity (Wildman–Crippen MR) is 269 cm³/mol. The molecule has 0 saturated carbocycles. The second-order valence-corrected chi connectivity index (χ2v) is 15.9. The number of rotatable bonds is 28. The van der Waals surface area contributed by atoms with Crippen molar-refractivity contribution in [3.63, 3.8) is 0 Å². The van der Waals surface area contributed by atoms with Crippen molar-refractivity contribution < 1.29 is 110 Å². The minimum atomic E-state index is -1.08. The van der Waals surface area contributed by atoms with Crippen LogP contribution in [0.15, 0.2) is 36.7 Å². The number of nitrogens with zero attached hydrogens (tertiary/aromatic N) is 5. The molecular formula is C52H74LuN5O15. The van der Waals surface area contributed by atoms with E-state index in [0.717, 1.165) is 71.4 Å². The van der Waals surface area contributed by atoms with Crippen molar-refractivity contribution in [2.45, 2.75) is 80.1 Å². The molecule has 0 atom stereocenters. The Hall–Kier alpha value is -4.45. The zero-order chi connectivity index (χ0) is 52.0. The van der Waals surface area contributed by atoms with Crippen LogP contribution in [0, 0.1) is 36.9 Å². The van der Waals surface area contributed by atoms with E-state index < -0.39 is 11.9 Å². The third kappa shape index (κ3) is 23.3. The molecule has 20 nitrogen and oxygen atoms in total. The van der Waals surface area contributed by atoms with Gasteiger partial charge in [-0.15, -0.1) is 11.0 Å². The summed E-state index contributed by atoms with van der Waals surface area (Å²) in [4.78, 5) is 43.2. The Kier molecular flexibility index (Phi) is 34.8. The van der Waals surface area contributed by atoms with Crippen LogP contribution in [0.2, 0.25) is 0 Å². The number of carboxylic acid groups (broad SMARTS) is 2. The molecule has 1 aromatic carbocycles. The van der Waals surface area contributed by atoms with Gasteiger partial charge in [0.05, 0.1) is 112 Å². The molecule has 21 heteroatoms. The van der Waals surface area contributed by atoms with Gasteiger partial charge in [0.15, 0.2) is 11.5 Å². The van der Waals surface area contributed by atoms with Gasteiger partial charge in [-0.3, -0.25) is 9.97 Å². The average molecular weight is 1180 g/mol. The second kappa shape index (κ2) is 38.2. The first-order valence-electron chi connectivity index (χ1n) is 23.9. The number of aliphatic carboxylic acids is 2. The Morgan fingerprint density at radius 2 is 0.890 bits per heavy atom. The fraction of sp³-hybridized carbons (Fsp3) is 0.538. The Bertz CT molecular complexity index is 2240. The van der Waals surface area contributed by atoms with Gasteiger partial charge in [-0.1, -0.05) is 37.1 Å². The number of carbonyl (C=O) groups is 2. The fourth-order valence-electron chi connectivity index (χ4n) is 7.33. The normalized spacial score (nSPS) is 11.6. The summed E-state index contributed by atoms with van der Waals surface area (Å²) in [7, 11) is 3.27. The fourth-order valence-corrected chi connectivity index (χ4v) is 7.33. The molecule has 0 amide bonds. The van der Waals surface area contributed by atoms with E-state index in [0.29, 0.717) is 126 Å². The summed E-state index contributed by atoms with van der Waals surface area (Å²) >= 11 is 0. The van der Waals surface area contributed by atoms with Gasteiger partial charge in [0.1, 0.15) is 13.2 Å². The molecule has 5 rings (SSSR count). The maximum absolute atomic E-state index is 9.85. The van der Waals surface area contributed by atoms with Crippen molar-refractivity contribution in [3.8, 4) is 11.5 Å². The summed E-state index contributed by atoms with van der Waals surface area (Å²) in [6, 6.07) is 7.78. The van der Waals surface area contributed by atoms with E-state index in [2.05, 4.69) is 26.0 Å². The molecule has 6 bridgehead atoms. The van der Waals surface area contributed by atoms with Crippen molar-refractivity contribution in [3.05, 3.63) is 70.6 Å². The van der Waals surface area contributed by atoms with Crippen LogP contribution in [0.1, 0.15) is 101 Å². The molecule has 2 aliphatic heterocycles. The number of aliphatic hydroxyl groups excluding tert-OH is 2. The van der Waals surface area contributed by atoms with E-state index in [9.17, 15) is 10.2 Å². The van der Waals surface area contributed by atoms with Crippen LogP contribution in [0.5, 0.6) is 11.5 Å². The quantitative estimate of drug-likeness (QED) is 0.0986. The van der Waals surface area contributed by atoms with Gasteiger partial charge in [-0.05, 0) is 88.5 Å². The van der Waals surface area contributed by atoms with E-state index in [1.165, 1.54) is 11.1 Å². The monoisotopic (exact) mass is 1180 g/mol. The van der Waals surface area contributed by atoms with Gasteiger partial charge < -0.3 is 78.4 Å². The number of hydrogen-bond donors (Lipinski definition) is 2. The number of aromatic nitrogens is 5. The average Bonchev–Trinajstić information content (AvgIpc) is 3.94. The van der Waals surface area contributed by atoms with E-state index in [-0.39, 0.29) is 68.8 Å². The topological polar surface area (TPSA) is 292 Å². The van der Waals surface area contributed by atoms with Gasteiger partial charge in [-0.2, -0.15) is 0 Å². The summed E-state index contributed by atoms with van der Waals surface area (Å²) in [5.41, 5.74) is 12.2. The van der Waals surface area contributed by atoms with Crippen molar-refractivity contribution in [1.29, 1.82) is 0 Å². The van der Waals surface area contributed by atoms with E-state index in [1.54, 1.807) is 26.6 Å². The molecule has 0 spiro atoms. The van der Waals surface area contributed by atoms with Crippen molar-refractivity contribution >= 4 is 56.3 Å². The number of benzene rings is 1. The molecule has 73 heavy (non-hydrogen) atoms. The standard InChI is InChI=1S/C48H66N5O10.2C2H4O2.Lu.H2O/c1-7-35-36(8-2)40-28-42-38(12-10-14-55)34(4)46(53-42)32-50-44-30-48(63-26-24-61-22-20-59-18-16-57-6)47(62-25-23-60-21-19-58-17-15-56-5)29-43(44)49-31-45-33(3)37(11-9-13-54)41(52-45)27-39(35)51-40;2*1-2(3)4;;/h27-32,54-55H,7-26H2,1-6H3;2*1H3,(H,3,4);;1H2/q-1;;;+3;/p-2. The van der Waals surface area contributed by atoms with E-state index >= 15 is 0 Å². The minimum Gasteiger partial charge on any atom is -0.657 e. The molecule has 0 aliphatic carbocycles. The van der Waals surface area contributed by atoms with Crippen LogP contribution >= 0.6 is 0 Å². The summed E-state index contributed by atoms with van der Waals surface area (Å²) in [5.74, 6) is -1.25. The van der Waals surface area contributed by atoms with Crippen LogP contribution in [-0.4, -0.2) is 154 Å². The van der Waals surface area contributed by atoms with Gasteiger partial charge in [0, 0.05) is 51.5 Å². The van der Waals surface area contributed by atoms with Crippen molar-refractivity contribution in [1.82, 2.24) is 24.9 Å². The number of carbonyl (C=O) groups excluding carboxylic acids is 2. The number of aliphatic hydroxyl groups is 2. The zero-order valence-corrected chi connectivity index (χ0v) is 45.1. The molecule has 2 aromatic heterocycles. The molecule has 2 aliphatic rings. The number of hydrogen-bond acceptors (Lipinski definition) is 18. The third-order valence-corrected chi connectivity index (χ3v) is 10.7. The van der Waals surface area contributed by atoms with Gasteiger partial charge in [-0.25, -0.2) is 9.97 Å². The van der Waals surface area contributed by atoms with Gasteiger partial charge >= 0.3 is 36.9 Å². The molecule has 3 aromatic rings. The summed E-state index contributed by atoms with van der Waals surface area (Å²) in [5, 5.41) is 37.5. The van der Waals surface area contributed by atoms with E-state index in [4.69, 9.17) is 82.6 Å². The molecule has 0 unspecified atom stereocenters. The summed E-state index contributed by atoms with van der Waals surface area (Å²) < 4.78 is 45.3. The molecule has 0 fully saturated rings. The van der Waals surface area contributed by atoms with Gasteiger partial charge in [0.25, 0.3) is 0 Å². The molecule has 0 saturated heterocycles. The largest absolute Gasteiger partial charge is 3.00 e. The van der Waals surface area contributed by atoms with E-state index in [1.807, 2.05) is 26.0 Å². The molecule has 0 radical (unpaired) electrons. The second-order valence-electron chi connectivity index (χ2n) is 15.9. The smallest absolute Gasteiger partial charge is 0.657 e. The Balaban J connectivity index is 0.00000248. The number of allylic oxidation sites excluding steroid dienone is 4. The molecule has 4 N–H and O–H groups in total. The maximum atomic E-state index is 9.85. The number of aryl methyl sites for hydroxylation is 2. The zero-order valence-electron chi connectivity index (χ0n) is 43.4. The first kappa shape index (κ1) is 66.6. The van der Waals surface area contributed by atoms with Crippen molar-refractivity contribution in [2.75, 3.05) is 107 Å². The van der Waals surface area contributed by atoms with Crippen LogP contribution < -0.4 is 24.7 Å². The van der Waals surface area contributed by atoms with Crippen LogP contribution in [-0.2, 0) is 50.9 Å². The van der Waals surface area contributed by atoms with Gasteiger partial charge in [0.2, 0.25) is 0 Å². The molecule has 4 heterocycles. The number of carboxylic acids is 2. The Morgan fingerprint density at radius 1 is 0.562 bits per heavy atom. The first-order chi connectivity index (χ1) is 34.3. The van der Waals surface area contributed by atoms with Crippen LogP contribution in [0.4, 0.5) is 0 Å². The summed E-state index contributed by atoms with van der Waals surface area (Å²) in [6.07, 6.45) is 7.61. The first-order valence-corrected chi connectivity index (χ1v) is 23.9. The Labute approximate surface area is 457 Å². The maximum Gasteiger partial charge on any atom is 3.00 e. The third-order valence-electron chi connectivity index (χ3n) is 10.7. The molecule has 412 valence electrons. The Morgan fingerprint density at radius 3 is 1.21 bits per heavy atom. The number of methoxy groups -OCH3 is 2. The molecular weight excluding hydrogens is 1110 g/mol.